The fourth-order valence-corrected chi connectivity index (χ4v) is 1.78. The summed E-state index contributed by atoms with van der Waals surface area (Å²) in [6.07, 6.45) is 0.938. The van der Waals surface area contributed by atoms with Crippen LogP contribution in [0.15, 0.2) is 18.2 Å². The molecule has 0 saturated carbocycles. The Balaban J connectivity index is 2.48. The molecule has 1 amide bonds. The van der Waals surface area contributed by atoms with E-state index < -0.39 is 10.1 Å². The molecule has 18 heavy (non-hydrogen) atoms. The lowest BCUT2D eigenvalue weighted by molar-refractivity contribution is 0.0947. The molecule has 0 radical (unpaired) electrons. The van der Waals surface area contributed by atoms with Crippen molar-refractivity contribution in [3.05, 3.63) is 33.8 Å². The highest BCUT2D eigenvalue weighted by atomic mass is 35.5. The average molecular weight is 312 g/mol. The molecule has 0 spiro atoms. The number of carbonyl (C=O) groups excluding carboxylic acids is 1. The molecular weight excluding hydrogens is 301 g/mol. The Labute approximate surface area is 115 Å². The van der Waals surface area contributed by atoms with Gasteiger partial charge in [-0.2, -0.15) is 8.42 Å². The number of nitrogens with one attached hydrogen (secondary N) is 1. The third kappa shape index (κ3) is 5.22. The highest BCUT2D eigenvalue weighted by Gasteiger charge is 2.08. The van der Waals surface area contributed by atoms with Gasteiger partial charge in [-0.05, 0) is 18.2 Å². The molecule has 0 aromatic heterocycles. The first-order valence-corrected chi connectivity index (χ1v) is 7.44. The molecule has 1 aromatic carbocycles. The number of benzene rings is 1. The Morgan fingerprint density at radius 1 is 1.33 bits per heavy atom. The van der Waals surface area contributed by atoms with Crippen LogP contribution >= 0.6 is 23.2 Å². The van der Waals surface area contributed by atoms with Crippen molar-refractivity contribution in [2.24, 2.45) is 0 Å². The van der Waals surface area contributed by atoms with Crippen LogP contribution in [-0.2, 0) is 14.3 Å². The van der Waals surface area contributed by atoms with Crippen molar-refractivity contribution in [3.63, 3.8) is 0 Å². The van der Waals surface area contributed by atoms with Crippen LogP contribution in [0.1, 0.15) is 10.4 Å². The summed E-state index contributed by atoms with van der Waals surface area (Å²) >= 11 is 11.5. The number of hydrogen-bond donors (Lipinski definition) is 1. The molecule has 5 nitrogen and oxygen atoms in total. The molecule has 1 rings (SSSR count). The van der Waals surface area contributed by atoms with E-state index in [0.29, 0.717) is 10.6 Å². The molecule has 0 bridgehead atoms. The number of rotatable bonds is 5. The van der Waals surface area contributed by atoms with E-state index in [9.17, 15) is 13.2 Å². The van der Waals surface area contributed by atoms with Gasteiger partial charge < -0.3 is 5.32 Å². The van der Waals surface area contributed by atoms with Gasteiger partial charge in [-0.3, -0.25) is 8.98 Å². The standard InChI is InChI=1S/C10H11Cl2NO4S/c1-18(15,16)17-5-4-13-10(14)7-2-3-8(11)9(12)6-7/h2-3,6H,4-5H2,1H3,(H,13,14). The van der Waals surface area contributed by atoms with Gasteiger partial charge in [0, 0.05) is 12.1 Å². The van der Waals surface area contributed by atoms with Crippen molar-refractivity contribution in [1.29, 1.82) is 0 Å². The topological polar surface area (TPSA) is 72.5 Å². The largest absolute Gasteiger partial charge is 0.350 e. The van der Waals surface area contributed by atoms with Crippen molar-refractivity contribution >= 4 is 39.2 Å². The quantitative estimate of drug-likeness (QED) is 0.663. The van der Waals surface area contributed by atoms with E-state index in [1.165, 1.54) is 18.2 Å². The monoisotopic (exact) mass is 311 g/mol. The van der Waals surface area contributed by atoms with Crippen molar-refractivity contribution in [1.82, 2.24) is 5.32 Å². The van der Waals surface area contributed by atoms with Crippen LogP contribution in [0, 0.1) is 0 Å². The van der Waals surface area contributed by atoms with Crippen molar-refractivity contribution in [2.45, 2.75) is 0 Å². The number of halogens is 2. The maximum absolute atomic E-state index is 11.6. The van der Waals surface area contributed by atoms with Gasteiger partial charge in [0.05, 0.1) is 22.9 Å². The van der Waals surface area contributed by atoms with Crippen LogP contribution in [0.2, 0.25) is 10.0 Å². The predicted molar refractivity (Wildman–Crippen MR) is 69.6 cm³/mol. The van der Waals surface area contributed by atoms with E-state index in [0.717, 1.165) is 6.26 Å². The van der Waals surface area contributed by atoms with Crippen LogP contribution in [0.25, 0.3) is 0 Å². The minimum atomic E-state index is -3.49. The molecule has 0 saturated heterocycles. The summed E-state index contributed by atoms with van der Waals surface area (Å²) < 4.78 is 25.8. The van der Waals surface area contributed by atoms with E-state index in [2.05, 4.69) is 9.50 Å². The second-order valence-corrected chi connectivity index (χ2v) is 5.87. The van der Waals surface area contributed by atoms with Crippen LogP contribution in [0.3, 0.4) is 0 Å². The highest BCUT2D eigenvalue weighted by Crippen LogP contribution is 2.22. The van der Waals surface area contributed by atoms with Crippen LogP contribution < -0.4 is 5.32 Å². The molecule has 0 aliphatic carbocycles. The third-order valence-corrected chi connectivity index (χ3v) is 3.20. The Bertz CT molecular complexity index is 545. The molecule has 0 aliphatic heterocycles. The Kier molecular flexibility index (Phi) is 5.40. The van der Waals surface area contributed by atoms with Gasteiger partial charge in [0.2, 0.25) is 0 Å². The van der Waals surface area contributed by atoms with E-state index in [1.54, 1.807) is 0 Å². The van der Waals surface area contributed by atoms with Gasteiger partial charge in [-0.25, -0.2) is 0 Å². The number of hydrogen-bond acceptors (Lipinski definition) is 4. The van der Waals surface area contributed by atoms with Gasteiger partial charge in [0.1, 0.15) is 0 Å². The molecule has 8 heteroatoms. The molecule has 1 N–H and O–H groups in total. The lowest BCUT2D eigenvalue weighted by Gasteiger charge is -2.06. The first kappa shape index (κ1) is 15.2. The molecule has 0 aliphatic rings. The minimum Gasteiger partial charge on any atom is -0.350 e. The van der Waals surface area contributed by atoms with E-state index >= 15 is 0 Å². The maximum Gasteiger partial charge on any atom is 0.264 e. The Morgan fingerprint density at radius 3 is 2.56 bits per heavy atom. The van der Waals surface area contributed by atoms with Crippen molar-refractivity contribution in [3.8, 4) is 0 Å². The van der Waals surface area contributed by atoms with Crippen molar-refractivity contribution in [2.75, 3.05) is 19.4 Å². The Morgan fingerprint density at radius 2 is 2.00 bits per heavy atom. The zero-order chi connectivity index (χ0) is 13.8. The summed E-state index contributed by atoms with van der Waals surface area (Å²) in [4.78, 5) is 11.6. The summed E-state index contributed by atoms with van der Waals surface area (Å²) in [7, 11) is -3.49. The lowest BCUT2D eigenvalue weighted by atomic mass is 10.2. The Hall–Kier alpha value is -0.820. The summed E-state index contributed by atoms with van der Waals surface area (Å²) in [5, 5.41) is 3.12. The molecule has 0 unspecified atom stereocenters. The smallest absolute Gasteiger partial charge is 0.264 e. The molecular formula is C10H11Cl2NO4S. The zero-order valence-electron chi connectivity index (χ0n) is 9.44. The summed E-state index contributed by atoms with van der Waals surface area (Å²) in [5.74, 6) is -0.384. The third-order valence-electron chi connectivity index (χ3n) is 1.87. The van der Waals surface area contributed by atoms with E-state index in [1.807, 2.05) is 0 Å². The second kappa shape index (κ2) is 6.38. The van der Waals surface area contributed by atoms with E-state index in [-0.39, 0.29) is 24.1 Å². The molecule has 1 aromatic rings. The van der Waals surface area contributed by atoms with Crippen LogP contribution in [0.5, 0.6) is 0 Å². The lowest BCUT2D eigenvalue weighted by Crippen LogP contribution is -2.27. The molecule has 0 atom stereocenters. The minimum absolute atomic E-state index is 0.0755. The van der Waals surface area contributed by atoms with Gasteiger partial charge >= 0.3 is 0 Å². The van der Waals surface area contributed by atoms with Crippen molar-refractivity contribution < 1.29 is 17.4 Å². The van der Waals surface area contributed by atoms with Gasteiger partial charge in [0.25, 0.3) is 16.0 Å². The predicted octanol–water partition coefficient (Wildman–Crippen LogP) is 1.70. The SMILES string of the molecule is CS(=O)(=O)OCCNC(=O)c1ccc(Cl)c(Cl)c1. The van der Waals surface area contributed by atoms with Gasteiger partial charge in [-0.15, -0.1) is 0 Å². The summed E-state index contributed by atoms with van der Waals surface area (Å²) in [5.41, 5.74) is 0.337. The van der Waals surface area contributed by atoms with Gasteiger partial charge in [0.15, 0.2) is 0 Å². The summed E-state index contributed by atoms with van der Waals surface area (Å²) in [6, 6.07) is 4.45. The fourth-order valence-electron chi connectivity index (χ4n) is 1.10. The number of carbonyl (C=O) groups is 1. The average Bonchev–Trinajstić information content (AvgIpc) is 2.26. The molecule has 0 fully saturated rings. The van der Waals surface area contributed by atoms with E-state index in [4.69, 9.17) is 23.2 Å². The summed E-state index contributed by atoms with van der Waals surface area (Å²) in [6.45, 7) is -0.0436. The van der Waals surface area contributed by atoms with Crippen LogP contribution in [0.4, 0.5) is 0 Å². The van der Waals surface area contributed by atoms with Crippen LogP contribution in [-0.4, -0.2) is 33.7 Å². The number of amides is 1. The second-order valence-electron chi connectivity index (χ2n) is 3.41. The maximum atomic E-state index is 11.6. The highest BCUT2D eigenvalue weighted by molar-refractivity contribution is 7.85. The zero-order valence-corrected chi connectivity index (χ0v) is 11.8. The van der Waals surface area contributed by atoms with Gasteiger partial charge in [-0.1, -0.05) is 23.2 Å². The molecule has 100 valence electrons. The fraction of sp³-hybridized carbons (Fsp3) is 0.300. The normalized spacial score (nSPS) is 11.3. The first-order chi connectivity index (χ1) is 8.29. The first-order valence-electron chi connectivity index (χ1n) is 4.87. The molecule has 0 heterocycles.